The van der Waals surface area contributed by atoms with Gasteiger partial charge in [-0.05, 0) is 31.4 Å². The summed E-state index contributed by atoms with van der Waals surface area (Å²) >= 11 is 0. The molecule has 4 rings (SSSR count). The van der Waals surface area contributed by atoms with Gasteiger partial charge in [-0.3, -0.25) is 25.1 Å². The van der Waals surface area contributed by atoms with Crippen LogP contribution >= 0.6 is 0 Å². The second-order valence-corrected chi connectivity index (χ2v) is 9.72. The number of hydrogen-bond acceptors (Lipinski definition) is 8. The third-order valence-electron chi connectivity index (χ3n) is 5.87. The number of non-ortho nitro benzene ring substituents is 1. The lowest BCUT2D eigenvalue weighted by Gasteiger charge is -2.40. The molecule has 0 N–H and O–H groups in total. The van der Waals surface area contributed by atoms with Crippen molar-refractivity contribution >= 4 is 33.2 Å². The second-order valence-electron chi connectivity index (χ2n) is 7.81. The van der Waals surface area contributed by atoms with E-state index < -0.39 is 42.2 Å². The van der Waals surface area contributed by atoms with Crippen LogP contribution in [0.1, 0.15) is 24.0 Å². The number of benzene rings is 2. The molecular weight excluding hydrogens is 456 g/mol. The minimum Gasteiger partial charge on any atom is -0.444 e. The number of nitro benzene ring substituents is 2. The minimum atomic E-state index is -4.28. The number of fused-ring (bicyclic) bond motifs is 1. The zero-order valence-corrected chi connectivity index (χ0v) is 18.4. The molecule has 1 fully saturated rings. The normalized spacial score (nSPS) is 17.4. The molecule has 2 aliphatic heterocycles. The molecule has 33 heavy (non-hydrogen) atoms. The van der Waals surface area contributed by atoms with Crippen molar-refractivity contribution in [2.75, 3.05) is 18.0 Å². The molecule has 2 aliphatic rings. The third-order valence-corrected chi connectivity index (χ3v) is 7.81. The molecule has 0 atom stereocenters. The monoisotopic (exact) mass is 476 g/mol. The van der Waals surface area contributed by atoms with Crippen LogP contribution in [0.25, 0.3) is 0 Å². The summed E-state index contributed by atoms with van der Waals surface area (Å²) in [4.78, 5) is 34.1. The number of amides is 1. The van der Waals surface area contributed by atoms with E-state index in [-0.39, 0.29) is 25.7 Å². The SMILES string of the molecule is Cc1cccc2c1N(C1CCN(S(=O)(=O)c3ccc([N+](=O)[O-])cc3[N+](=O)[O-])CC1)C(=O)OC2. The number of piperidine rings is 1. The topological polar surface area (TPSA) is 153 Å². The Morgan fingerprint density at radius 3 is 2.39 bits per heavy atom. The highest BCUT2D eigenvalue weighted by Gasteiger charge is 2.39. The Kier molecular flexibility index (Phi) is 5.76. The van der Waals surface area contributed by atoms with Gasteiger partial charge >= 0.3 is 6.09 Å². The van der Waals surface area contributed by atoms with Gasteiger partial charge in [-0.25, -0.2) is 13.2 Å². The lowest BCUT2D eigenvalue weighted by molar-refractivity contribution is -0.396. The molecule has 0 bridgehead atoms. The molecule has 2 aromatic carbocycles. The van der Waals surface area contributed by atoms with Crippen molar-refractivity contribution in [1.29, 1.82) is 0 Å². The number of ether oxygens (including phenoxy) is 1. The van der Waals surface area contributed by atoms with Crippen molar-refractivity contribution in [1.82, 2.24) is 4.31 Å². The number of carbonyl (C=O) groups is 1. The standard InChI is InChI=1S/C20H20N4O8S/c1-13-3-2-4-14-12-32-20(25)22(19(13)14)15-7-9-21(10-8-15)33(30,31)18-6-5-16(23(26)27)11-17(18)24(28)29/h2-6,11,15H,7-10,12H2,1H3. The number of rotatable bonds is 5. The van der Waals surface area contributed by atoms with Crippen LogP contribution in [0.2, 0.25) is 0 Å². The molecule has 12 nitrogen and oxygen atoms in total. The quantitative estimate of drug-likeness (QED) is 0.471. The Bertz CT molecular complexity index is 1250. The first-order valence-corrected chi connectivity index (χ1v) is 11.5. The average molecular weight is 476 g/mol. The van der Waals surface area contributed by atoms with Gasteiger partial charge in [0.2, 0.25) is 10.0 Å². The van der Waals surface area contributed by atoms with Crippen LogP contribution in [-0.2, 0) is 21.4 Å². The average Bonchev–Trinajstić information content (AvgIpc) is 2.79. The maximum Gasteiger partial charge on any atom is 0.414 e. The molecular formula is C20H20N4O8S. The van der Waals surface area contributed by atoms with E-state index in [0.717, 1.165) is 33.3 Å². The number of nitro groups is 2. The molecule has 13 heteroatoms. The number of nitrogens with zero attached hydrogens (tertiary/aromatic N) is 4. The van der Waals surface area contributed by atoms with Crippen LogP contribution < -0.4 is 4.90 Å². The van der Waals surface area contributed by atoms with E-state index >= 15 is 0 Å². The van der Waals surface area contributed by atoms with Gasteiger partial charge in [-0.15, -0.1) is 0 Å². The van der Waals surface area contributed by atoms with Crippen molar-refractivity contribution in [2.24, 2.45) is 0 Å². The fraction of sp³-hybridized carbons (Fsp3) is 0.350. The summed E-state index contributed by atoms with van der Waals surface area (Å²) in [6, 6.07) is 7.78. The number of aryl methyl sites for hydroxylation is 1. The van der Waals surface area contributed by atoms with Crippen LogP contribution in [0.3, 0.4) is 0 Å². The molecule has 174 valence electrons. The van der Waals surface area contributed by atoms with Gasteiger partial charge in [-0.1, -0.05) is 18.2 Å². The smallest absolute Gasteiger partial charge is 0.414 e. The highest BCUT2D eigenvalue weighted by molar-refractivity contribution is 7.89. The Balaban J connectivity index is 1.58. The lowest BCUT2D eigenvalue weighted by atomic mass is 10.00. The van der Waals surface area contributed by atoms with Crippen LogP contribution in [0, 0.1) is 27.2 Å². The number of sulfonamides is 1. The van der Waals surface area contributed by atoms with Crippen molar-refractivity contribution in [2.45, 2.75) is 37.3 Å². The molecule has 1 saturated heterocycles. The number of anilines is 1. The van der Waals surface area contributed by atoms with E-state index in [0.29, 0.717) is 18.9 Å². The van der Waals surface area contributed by atoms with Crippen LogP contribution in [0.4, 0.5) is 21.9 Å². The number of hydrogen-bond donors (Lipinski definition) is 0. The molecule has 0 saturated carbocycles. The van der Waals surface area contributed by atoms with E-state index in [2.05, 4.69) is 0 Å². The molecule has 0 aromatic heterocycles. The summed E-state index contributed by atoms with van der Waals surface area (Å²) in [5, 5.41) is 22.4. The summed E-state index contributed by atoms with van der Waals surface area (Å²) in [5.74, 6) is 0. The largest absolute Gasteiger partial charge is 0.444 e. The highest BCUT2D eigenvalue weighted by atomic mass is 32.2. The zero-order chi connectivity index (χ0) is 23.9. The first kappa shape index (κ1) is 22.6. The van der Waals surface area contributed by atoms with E-state index in [1.54, 1.807) is 4.90 Å². The molecule has 0 unspecified atom stereocenters. The summed E-state index contributed by atoms with van der Waals surface area (Å²) in [5.41, 5.74) is 1.11. The van der Waals surface area contributed by atoms with Gasteiger partial charge in [-0.2, -0.15) is 4.31 Å². The van der Waals surface area contributed by atoms with Crippen LogP contribution in [0.15, 0.2) is 41.3 Å². The van der Waals surface area contributed by atoms with E-state index in [1.165, 1.54) is 0 Å². The van der Waals surface area contributed by atoms with Crippen LogP contribution in [0.5, 0.6) is 0 Å². The summed E-state index contributed by atoms with van der Waals surface area (Å²) in [7, 11) is -4.28. The summed E-state index contributed by atoms with van der Waals surface area (Å²) in [6.45, 7) is 2.10. The van der Waals surface area contributed by atoms with Gasteiger partial charge in [0.25, 0.3) is 11.4 Å². The van der Waals surface area contributed by atoms with Gasteiger partial charge in [0.1, 0.15) is 6.61 Å². The molecule has 0 spiro atoms. The van der Waals surface area contributed by atoms with E-state index in [1.807, 2.05) is 25.1 Å². The second kappa shape index (κ2) is 8.41. The zero-order valence-electron chi connectivity index (χ0n) is 17.5. The van der Waals surface area contributed by atoms with Crippen molar-refractivity contribution in [3.63, 3.8) is 0 Å². The fourth-order valence-corrected chi connectivity index (χ4v) is 5.88. The van der Waals surface area contributed by atoms with Gasteiger partial charge in [0.05, 0.1) is 21.6 Å². The minimum absolute atomic E-state index is 0.0200. The summed E-state index contributed by atoms with van der Waals surface area (Å²) < 4.78 is 32.7. The lowest BCUT2D eigenvalue weighted by Crippen LogP contribution is -2.50. The number of cyclic esters (lactones) is 1. The molecule has 0 aliphatic carbocycles. The fourth-order valence-electron chi connectivity index (χ4n) is 4.27. The Labute approximate surface area is 188 Å². The molecule has 2 heterocycles. The maximum atomic E-state index is 13.1. The third kappa shape index (κ3) is 4.00. The highest BCUT2D eigenvalue weighted by Crippen LogP contribution is 2.36. The van der Waals surface area contributed by atoms with Crippen molar-refractivity contribution < 1.29 is 27.8 Å². The Hall–Kier alpha value is -3.58. The predicted molar refractivity (Wildman–Crippen MR) is 115 cm³/mol. The van der Waals surface area contributed by atoms with Crippen molar-refractivity contribution in [3.8, 4) is 0 Å². The van der Waals surface area contributed by atoms with Gasteiger partial charge in [0, 0.05) is 30.8 Å². The molecule has 0 radical (unpaired) electrons. The van der Waals surface area contributed by atoms with E-state index in [4.69, 9.17) is 4.74 Å². The van der Waals surface area contributed by atoms with E-state index in [9.17, 15) is 33.4 Å². The van der Waals surface area contributed by atoms with Gasteiger partial charge < -0.3 is 4.74 Å². The first-order valence-electron chi connectivity index (χ1n) is 10.1. The van der Waals surface area contributed by atoms with Crippen molar-refractivity contribution in [3.05, 3.63) is 67.8 Å². The number of carbonyl (C=O) groups excluding carboxylic acids is 1. The summed E-state index contributed by atoms with van der Waals surface area (Å²) in [6.07, 6.45) is 0.0929. The number of para-hydroxylation sites is 1. The van der Waals surface area contributed by atoms with Gasteiger partial charge in [0.15, 0.2) is 4.90 Å². The Morgan fingerprint density at radius 2 is 1.76 bits per heavy atom. The molecule has 1 amide bonds. The first-order chi connectivity index (χ1) is 15.6. The van der Waals surface area contributed by atoms with Crippen LogP contribution in [-0.4, -0.2) is 47.8 Å². The predicted octanol–water partition coefficient (Wildman–Crippen LogP) is 3.12. The molecule has 2 aromatic rings. The Morgan fingerprint density at radius 1 is 1.06 bits per heavy atom. The maximum absolute atomic E-state index is 13.1.